The van der Waals surface area contributed by atoms with Crippen LogP contribution in [0.4, 0.5) is 16.2 Å². The second-order valence-electron chi connectivity index (χ2n) is 8.05. The lowest BCUT2D eigenvalue weighted by atomic mass is 9.99. The zero-order valence-corrected chi connectivity index (χ0v) is 19.6. The SMILES string of the molecule is COc1c2ccccc2c(OC)c2cc(COC(=O)N(c3ccccc3)c3ccccc3)ccc12. The topological polar surface area (TPSA) is 48.0 Å². The van der Waals surface area contributed by atoms with Crippen LogP contribution in [-0.2, 0) is 11.3 Å². The average Bonchev–Trinajstić information content (AvgIpc) is 2.91. The summed E-state index contributed by atoms with van der Waals surface area (Å²) >= 11 is 0. The van der Waals surface area contributed by atoms with Gasteiger partial charge >= 0.3 is 6.09 Å². The molecule has 0 N–H and O–H groups in total. The number of ether oxygens (including phenoxy) is 3. The Kier molecular flexibility index (Phi) is 6.22. The molecule has 0 aliphatic carbocycles. The smallest absolute Gasteiger partial charge is 0.419 e. The molecule has 0 spiro atoms. The van der Waals surface area contributed by atoms with E-state index in [1.165, 1.54) is 0 Å². The maximum absolute atomic E-state index is 13.2. The van der Waals surface area contributed by atoms with Crippen molar-refractivity contribution in [2.45, 2.75) is 6.61 Å². The fraction of sp³-hybridized carbons (Fsp3) is 0.100. The first-order chi connectivity index (χ1) is 17.2. The first-order valence-electron chi connectivity index (χ1n) is 11.3. The van der Waals surface area contributed by atoms with Crippen LogP contribution in [-0.4, -0.2) is 20.3 Å². The van der Waals surface area contributed by atoms with Crippen molar-refractivity contribution in [3.05, 3.63) is 109 Å². The van der Waals surface area contributed by atoms with Gasteiger partial charge in [0.15, 0.2) is 0 Å². The Morgan fingerprint density at radius 1 is 0.629 bits per heavy atom. The highest BCUT2D eigenvalue weighted by atomic mass is 16.6. The molecule has 174 valence electrons. The van der Waals surface area contributed by atoms with Gasteiger partial charge in [-0.1, -0.05) is 72.8 Å². The van der Waals surface area contributed by atoms with Crippen LogP contribution in [0, 0.1) is 0 Å². The Morgan fingerprint density at radius 2 is 1.11 bits per heavy atom. The highest BCUT2D eigenvalue weighted by molar-refractivity contribution is 6.11. The van der Waals surface area contributed by atoms with Gasteiger partial charge in [-0.3, -0.25) is 0 Å². The van der Waals surface area contributed by atoms with Crippen LogP contribution in [0.2, 0.25) is 0 Å². The number of fused-ring (bicyclic) bond motifs is 2. The molecule has 0 atom stereocenters. The van der Waals surface area contributed by atoms with Gasteiger partial charge in [0.2, 0.25) is 0 Å². The number of hydrogen-bond donors (Lipinski definition) is 0. The van der Waals surface area contributed by atoms with Crippen LogP contribution in [0.15, 0.2) is 103 Å². The van der Waals surface area contributed by atoms with Gasteiger partial charge in [-0.25, -0.2) is 9.69 Å². The number of rotatable bonds is 6. The van der Waals surface area contributed by atoms with Crippen molar-refractivity contribution in [2.75, 3.05) is 19.1 Å². The van der Waals surface area contributed by atoms with E-state index in [9.17, 15) is 4.79 Å². The highest BCUT2D eigenvalue weighted by Crippen LogP contribution is 2.42. The van der Waals surface area contributed by atoms with E-state index in [0.29, 0.717) is 0 Å². The summed E-state index contributed by atoms with van der Waals surface area (Å²) in [6, 6.07) is 32.9. The molecule has 0 unspecified atom stereocenters. The highest BCUT2D eigenvalue weighted by Gasteiger charge is 2.20. The predicted octanol–water partition coefficient (Wildman–Crippen LogP) is 7.49. The van der Waals surface area contributed by atoms with Crippen molar-refractivity contribution in [1.82, 2.24) is 0 Å². The number of methoxy groups -OCH3 is 2. The standard InChI is InChI=1S/C30H25NO4/c1-33-28-24-15-9-10-16-25(24)29(34-2)27-19-21(17-18-26(27)28)20-35-30(32)31(22-11-5-3-6-12-22)23-13-7-4-8-14-23/h3-19H,20H2,1-2H3. The summed E-state index contributed by atoms with van der Waals surface area (Å²) in [4.78, 5) is 14.8. The maximum atomic E-state index is 13.2. The zero-order valence-electron chi connectivity index (χ0n) is 19.6. The van der Waals surface area contributed by atoms with E-state index in [0.717, 1.165) is 50.0 Å². The summed E-state index contributed by atoms with van der Waals surface area (Å²) in [6.45, 7) is 0.114. The number of nitrogens with zero attached hydrogens (tertiary/aromatic N) is 1. The Balaban J connectivity index is 1.48. The monoisotopic (exact) mass is 463 g/mol. The van der Waals surface area contributed by atoms with E-state index in [1.807, 2.05) is 103 Å². The average molecular weight is 464 g/mol. The van der Waals surface area contributed by atoms with Crippen molar-refractivity contribution < 1.29 is 19.0 Å². The summed E-state index contributed by atoms with van der Waals surface area (Å²) < 4.78 is 17.3. The summed E-state index contributed by atoms with van der Waals surface area (Å²) in [5.74, 6) is 1.55. The number of benzene rings is 5. The van der Waals surface area contributed by atoms with Crippen LogP contribution in [0.25, 0.3) is 21.5 Å². The van der Waals surface area contributed by atoms with Gasteiger partial charge in [0.25, 0.3) is 0 Å². The van der Waals surface area contributed by atoms with E-state index in [-0.39, 0.29) is 6.61 Å². The van der Waals surface area contributed by atoms with E-state index in [4.69, 9.17) is 14.2 Å². The number of carbonyl (C=O) groups is 1. The Labute approximate surface area is 204 Å². The second kappa shape index (κ2) is 9.77. The van der Waals surface area contributed by atoms with Crippen LogP contribution >= 0.6 is 0 Å². The first-order valence-corrected chi connectivity index (χ1v) is 11.3. The number of para-hydroxylation sites is 2. The maximum Gasteiger partial charge on any atom is 0.419 e. The van der Waals surface area contributed by atoms with Gasteiger partial charge in [0.1, 0.15) is 18.1 Å². The minimum Gasteiger partial charge on any atom is -0.495 e. The molecule has 5 rings (SSSR count). The third-order valence-electron chi connectivity index (χ3n) is 5.97. The van der Waals surface area contributed by atoms with Crippen LogP contribution < -0.4 is 14.4 Å². The second-order valence-corrected chi connectivity index (χ2v) is 8.05. The van der Waals surface area contributed by atoms with E-state index in [2.05, 4.69) is 0 Å². The molecule has 0 bridgehead atoms. The van der Waals surface area contributed by atoms with Crippen molar-refractivity contribution in [3.63, 3.8) is 0 Å². The molecule has 5 nitrogen and oxygen atoms in total. The molecular formula is C30H25NO4. The van der Waals surface area contributed by atoms with Crippen LogP contribution in [0.3, 0.4) is 0 Å². The number of hydrogen-bond acceptors (Lipinski definition) is 4. The molecule has 0 radical (unpaired) electrons. The van der Waals surface area contributed by atoms with Crippen molar-refractivity contribution in [3.8, 4) is 11.5 Å². The summed E-state index contributed by atoms with van der Waals surface area (Å²) in [5, 5.41) is 3.79. The molecule has 0 aromatic heterocycles. The quantitative estimate of drug-likeness (QED) is 0.245. The first kappa shape index (κ1) is 22.3. The lowest BCUT2D eigenvalue weighted by Gasteiger charge is -2.22. The third kappa shape index (κ3) is 4.24. The van der Waals surface area contributed by atoms with E-state index < -0.39 is 6.09 Å². The van der Waals surface area contributed by atoms with Crippen molar-refractivity contribution >= 4 is 39.0 Å². The molecule has 5 heteroatoms. The lowest BCUT2D eigenvalue weighted by molar-refractivity contribution is 0.150. The normalized spacial score (nSPS) is 10.8. The van der Waals surface area contributed by atoms with Crippen molar-refractivity contribution in [2.24, 2.45) is 0 Å². The Hall–Kier alpha value is -4.51. The molecule has 5 aromatic carbocycles. The summed E-state index contributed by atoms with van der Waals surface area (Å²) in [6.07, 6.45) is -0.453. The fourth-order valence-corrected chi connectivity index (χ4v) is 4.40. The molecule has 35 heavy (non-hydrogen) atoms. The summed E-state index contributed by atoms with van der Waals surface area (Å²) in [5.41, 5.74) is 2.32. The van der Waals surface area contributed by atoms with Crippen LogP contribution in [0.1, 0.15) is 5.56 Å². The predicted molar refractivity (Wildman–Crippen MR) is 140 cm³/mol. The number of carbonyl (C=O) groups excluding carboxylic acids is 1. The Bertz CT molecular complexity index is 1440. The molecule has 5 aromatic rings. The molecule has 0 saturated heterocycles. The fourth-order valence-electron chi connectivity index (χ4n) is 4.40. The van der Waals surface area contributed by atoms with Gasteiger partial charge in [-0.2, -0.15) is 0 Å². The van der Waals surface area contributed by atoms with Gasteiger partial charge in [-0.15, -0.1) is 0 Å². The van der Waals surface area contributed by atoms with E-state index in [1.54, 1.807) is 19.1 Å². The Morgan fingerprint density at radius 3 is 1.66 bits per heavy atom. The summed E-state index contributed by atoms with van der Waals surface area (Å²) in [7, 11) is 3.34. The van der Waals surface area contributed by atoms with Crippen LogP contribution in [0.5, 0.6) is 11.5 Å². The van der Waals surface area contributed by atoms with Gasteiger partial charge < -0.3 is 14.2 Å². The third-order valence-corrected chi connectivity index (χ3v) is 5.97. The minimum absolute atomic E-state index is 0.114. The molecule has 1 amide bonds. The zero-order chi connectivity index (χ0) is 24.2. The molecular weight excluding hydrogens is 438 g/mol. The largest absolute Gasteiger partial charge is 0.495 e. The van der Waals surface area contributed by atoms with Crippen molar-refractivity contribution in [1.29, 1.82) is 0 Å². The molecule has 0 aliphatic rings. The van der Waals surface area contributed by atoms with E-state index >= 15 is 0 Å². The molecule has 0 saturated carbocycles. The molecule has 0 fully saturated rings. The number of amides is 1. The lowest BCUT2D eigenvalue weighted by Crippen LogP contribution is -2.26. The molecule has 0 heterocycles. The van der Waals surface area contributed by atoms with Gasteiger partial charge in [0, 0.05) is 21.5 Å². The van der Waals surface area contributed by atoms with Gasteiger partial charge in [0.05, 0.1) is 25.6 Å². The minimum atomic E-state index is -0.453. The molecule has 0 aliphatic heterocycles. The number of anilines is 2. The van der Waals surface area contributed by atoms with Gasteiger partial charge in [-0.05, 0) is 35.9 Å².